The van der Waals surface area contributed by atoms with E-state index in [1.54, 1.807) is 0 Å². The van der Waals surface area contributed by atoms with Gasteiger partial charge >= 0.3 is 0 Å². The first-order chi connectivity index (χ1) is 9.81. The maximum atomic E-state index is 6.07. The van der Waals surface area contributed by atoms with Crippen molar-refractivity contribution in [3.05, 3.63) is 0 Å². The Balaban J connectivity index is 1.55. The SMILES string of the molecule is CCCC1CCC(CN)C(N2CCN(C3CC3)CC2)C1. The lowest BCUT2D eigenvalue weighted by Crippen LogP contribution is -2.55. The molecule has 3 fully saturated rings. The molecule has 0 spiro atoms. The number of piperazine rings is 1. The molecule has 3 unspecified atom stereocenters. The highest BCUT2D eigenvalue weighted by Gasteiger charge is 2.37. The molecule has 2 saturated carbocycles. The van der Waals surface area contributed by atoms with Crippen molar-refractivity contribution in [1.82, 2.24) is 9.80 Å². The summed E-state index contributed by atoms with van der Waals surface area (Å²) in [4.78, 5) is 5.51. The number of rotatable bonds is 5. The Morgan fingerprint density at radius 1 is 0.950 bits per heavy atom. The van der Waals surface area contributed by atoms with Crippen LogP contribution in [0.25, 0.3) is 0 Å². The summed E-state index contributed by atoms with van der Waals surface area (Å²) in [5.74, 6) is 1.73. The van der Waals surface area contributed by atoms with E-state index in [1.807, 2.05) is 0 Å². The van der Waals surface area contributed by atoms with E-state index in [0.717, 1.165) is 30.5 Å². The monoisotopic (exact) mass is 279 g/mol. The van der Waals surface area contributed by atoms with Crippen LogP contribution < -0.4 is 5.73 Å². The number of nitrogens with two attached hydrogens (primary N) is 1. The minimum absolute atomic E-state index is 0.760. The Labute approximate surface area is 124 Å². The van der Waals surface area contributed by atoms with Crippen LogP contribution >= 0.6 is 0 Å². The van der Waals surface area contributed by atoms with Gasteiger partial charge in [0.1, 0.15) is 0 Å². The lowest BCUT2D eigenvalue weighted by molar-refractivity contribution is 0.0336. The van der Waals surface area contributed by atoms with Gasteiger partial charge in [0.15, 0.2) is 0 Å². The fourth-order valence-electron chi connectivity index (χ4n) is 4.56. The van der Waals surface area contributed by atoms with Crippen LogP contribution in [0.15, 0.2) is 0 Å². The van der Waals surface area contributed by atoms with Crippen LogP contribution in [0.4, 0.5) is 0 Å². The summed E-state index contributed by atoms with van der Waals surface area (Å²) in [6.45, 7) is 8.41. The van der Waals surface area contributed by atoms with Gasteiger partial charge in [-0.3, -0.25) is 9.80 Å². The van der Waals surface area contributed by atoms with Gasteiger partial charge in [-0.1, -0.05) is 26.2 Å². The van der Waals surface area contributed by atoms with E-state index in [9.17, 15) is 0 Å². The molecule has 3 aliphatic rings. The average Bonchev–Trinajstić information content (AvgIpc) is 3.32. The quantitative estimate of drug-likeness (QED) is 0.838. The van der Waals surface area contributed by atoms with Crippen molar-refractivity contribution in [2.24, 2.45) is 17.6 Å². The first-order valence-corrected chi connectivity index (χ1v) is 9.00. The topological polar surface area (TPSA) is 32.5 Å². The molecular weight excluding hydrogens is 246 g/mol. The van der Waals surface area contributed by atoms with Gasteiger partial charge in [-0.15, -0.1) is 0 Å². The minimum atomic E-state index is 0.760. The molecule has 20 heavy (non-hydrogen) atoms. The zero-order valence-electron chi connectivity index (χ0n) is 13.3. The van der Waals surface area contributed by atoms with Crippen LogP contribution in [-0.4, -0.2) is 54.6 Å². The molecule has 0 amide bonds. The predicted octanol–water partition coefficient (Wildman–Crippen LogP) is 2.31. The molecule has 2 N–H and O–H groups in total. The molecule has 3 heteroatoms. The summed E-state index contributed by atoms with van der Waals surface area (Å²) < 4.78 is 0. The molecule has 1 saturated heterocycles. The molecule has 116 valence electrons. The smallest absolute Gasteiger partial charge is 0.0139 e. The second-order valence-electron chi connectivity index (χ2n) is 7.33. The largest absolute Gasteiger partial charge is 0.330 e. The summed E-state index contributed by atoms with van der Waals surface area (Å²) >= 11 is 0. The maximum absolute atomic E-state index is 6.07. The highest BCUT2D eigenvalue weighted by atomic mass is 15.3. The van der Waals surface area contributed by atoms with Gasteiger partial charge < -0.3 is 5.73 Å². The van der Waals surface area contributed by atoms with Gasteiger partial charge in [-0.25, -0.2) is 0 Å². The molecule has 0 aromatic carbocycles. The fourth-order valence-corrected chi connectivity index (χ4v) is 4.56. The summed E-state index contributed by atoms with van der Waals surface area (Å²) in [6.07, 6.45) is 9.89. The van der Waals surface area contributed by atoms with Crippen LogP contribution in [0.3, 0.4) is 0 Å². The standard InChI is InChI=1S/C17H33N3/c1-2-3-14-4-5-15(13-18)17(12-14)20-10-8-19(9-11-20)16-6-7-16/h14-17H,2-13,18H2,1H3. The molecule has 0 aromatic rings. The van der Waals surface area contributed by atoms with Gasteiger partial charge in [-0.05, 0) is 44.1 Å². The Bertz CT molecular complexity index is 295. The van der Waals surface area contributed by atoms with Crippen LogP contribution in [-0.2, 0) is 0 Å². The zero-order valence-corrected chi connectivity index (χ0v) is 13.3. The summed E-state index contributed by atoms with van der Waals surface area (Å²) in [6, 6.07) is 1.73. The third-order valence-electron chi connectivity index (χ3n) is 5.95. The fraction of sp³-hybridized carbons (Fsp3) is 1.00. The van der Waals surface area contributed by atoms with Gasteiger partial charge in [0.2, 0.25) is 0 Å². The van der Waals surface area contributed by atoms with Crippen LogP contribution in [0.2, 0.25) is 0 Å². The van der Waals surface area contributed by atoms with Crippen molar-refractivity contribution in [3.8, 4) is 0 Å². The van der Waals surface area contributed by atoms with Crippen molar-refractivity contribution in [1.29, 1.82) is 0 Å². The van der Waals surface area contributed by atoms with Crippen molar-refractivity contribution >= 4 is 0 Å². The second kappa shape index (κ2) is 6.76. The maximum Gasteiger partial charge on any atom is 0.0139 e. The van der Waals surface area contributed by atoms with E-state index in [2.05, 4.69) is 16.7 Å². The molecule has 3 atom stereocenters. The van der Waals surface area contributed by atoms with E-state index in [-0.39, 0.29) is 0 Å². The first-order valence-electron chi connectivity index (χ1n) is 9.00. The molecule has 0 radical (unpaired) electrons. The summed E-state index contributed by atoms with van der Waals surface area (Å²) in [5.41, 5.74) is 6.07. The Hall–Kier alpha value is -0.120. The van der Waals surface area contributed by atoms with Crippen LogP contribution in [0.1, 0.15) is 51.9 Å². The van der Waals surface area contributed by atoms with E-state index in [4.69, 9.17) is 5.73 Å². The Morgan fingerprint density at radius 2 is 1.65 bits per heavy atom. The van der Waals surface area contributed by atoms with Crippen molar-refractivity contribution in [3.63, 3.8) is 0 Å². The predicted molar refractivity (Wildman–Crippen MR) is 84.7 cm³/mol. The molecule has 3 nitrogen and oxygen atoms in total. The van der Waals surface area contributed by atoms with E-state index >= 15 is 0 Å². The molecule has 2 aliphatic carbocycles. The molecular formula is C17H33N3. The Morgan fingerprint density at radius 3 is 2.25 bits per heavy atom. The normalized spacial score (nSPS) is 37.2. The van der Waals surface area contributed by atoms with Crippen LogP contribution in [0, 0.1) is 11.8 Å². The molecule has 3 rings (SSSR count). The van der Waals surface area contributed by atoms with Crippen molar-refractivity contribution < 1.29 is 0 Å². The van der Waals surface area contributed by atoms with Crippen molar-refractivity contribution in [2.45, 2.75) is 64.0 Å². The van der Waals surface area contributed by atoms with Crippen molar-refractivity contribution in [2.75, 3.05) is 32.7 Å². The van der Waals surface area contributed by atoms with E-state index in [0.29, 0.717) is 0 Å². The zero-order chi connectivity index (χ0) is 13.9. The number of nitrogens with zero attached hydrogens (tertiary/aromatic N) is 2. The molecule has 0 bridgehead atoms. The van der Waals surface area contributed by atoms with Gasteiger partial charge in [0, 0.05) is 38.3 Å². The average molecular weight is 279 g/mol. The third kappa shape index (κ3) is 3.37. The van der Waals surface area contributed by atoms with E-state index in [1.165, 1.54) is 71.1 Å². The number of hydrogen-bond donors (Lipinski definition) is 1. The van der Waals surface area contributed by atoms with Gasteiger partial charge in [-0.2, -0.15) is 0 Å². The highest BCUT2D eigenvalue weighted by molar-refractivity contribution is 4.92. The molecule has 0 aromatic heterocycles. The second-order valence-corrected chi connectivity index (χ2v) is 7.33. The third-order valence-corrected chi connectivity index (χ3v) is 5.95. The minimum Gasteiger partial charge on any atom is -0.330 e. The van der Waals surface area contributed by atoms with E-state index < -0.39 is 0 Å². The molecule has 1 aliphatic heterocycles. The Kier molecular flexibility index (Phi) is 5.00. The van der Waals surface area contributed by atoms with Crippen LogP contribution in [0.5, 0.6) is 0 Å². The highest BCUT2D eigenvalue weighted by Crippen LogP contribution is 2.35. The lowest BCUT2D eigenvalue weighted by Gasteiger charge is -2.46. The van der Waals surface area contributed by atoms with Gasteiger partial charge in [0.25, 0.3) is 0 Å². The summed E-state index contributed by atoms with van der Waals surface area (Å²) in [7, 11) is 0. The first kappa shape index (κ1) is 14.8. The number of hydrogen-bond acceptors (Lipinski definition) is 3. The molecule has 1 heterocycles. The summed E-state index contributed by atoms with van der Waals surface area (Å²) in [5, 5.41) is 0. The lowest BCUT2D eigenvalue weighted by atomic mass is 9.76. The van der Waals surface area contributed by atoms with Gasteiger partial charge in [0.05, 0.1) is 0 Å².